The van der Waals surface area contributed by atoms with Crippen LogP contribution in [0.2, 0.25) is 0 Å². The Hall–Kier alpha value is -1.97. The Labute approximate surface area is 117 Å². The van der Waals surface area contributed by atoms with Gasteiger partial charge in [-0.2, -0.15) is 8.78 Å². The van der Waals surface area contributed by atoms with E-state index in [1.54, 1.807) is 12.1 Å². The van der Waals surface area contributed by atoms with Crippen LogP contribution in [-0.2, 0) is 6.42 Å². The fourth-order valence-corrected chi connectivity index (χ4v) is 2.15. The van der Waals surface area contributed by atoms with Gasteiger partial charge in [0.2, 0.25) is 0 Å². The summed E-state index contributed by atoms with van der Waals surface area (Å²) in [4.78, 5) is 4.47. The summed E-state index contributed by atoms with van der Waals surface area (Å²) in [5.74, 6) is 0.156. The van der Waals surface area contributed by atoms with Crippen LogP contribution in [0.1, 0.15) is 24.5 Å². The molecule has 4 heteroatoms. The van der Waals surface area contributed by atoms with Gasteiger partial charge in [0.15, 0.2) is 0 Å². The van der Waals surface area contributed by atoms with Gasteiger partial charge in [0, 0.05) is 11.8 Å². The zero-order valence-corrected chi connectivity index (χ0v) is 11.6. The molecule has 1 aromatic carbocycles. The van der Waals surface area contributed by atoms with Gasteiger partial charge in [-0.1, -0.05) is 19.4 Å². The molecule has 0 N–H and O–H groups in total. The molecule has 0 saturated heterocycles. The molecule has 0 spiro atoms. The molecule has 20 heavy (non-hydrogen) atoms. The van der Waals surface area contributed by atoms with Crippen molar-refractivity contribution in [2.75, 3.05) is 0 Å². The third-order valence-corrected chi connectivity index (χ3v) is 3.03. The molecule has 2 aromatic rings. The molecular weight excluding hydrogens is 260 g/mol. The van der Waals surface area contributed by atoms with E-state index >= 15 is 0 Å². The Balaban J connectivity index is 2.23. The number of pyridine rings is 1. The minimum absolute atomic E-state index is 0.156. The fourth-order valence-electron chi connectivity index (χ4n) is 2.15. The van der Waals surface area contributed by atoms with E-state index < -0.39 is 6.61 Å². The lowest BCUT2D eigenvalue weighted by Crippen LogP contribution is -2.01. The van der Waals surface area contributed by atoms with E-state index in [2.05, 4.69) is 22.7 Å². The van der Waals surface area contributed by atoms with E-state index in [0.717, 1.165) is 29.7 Å². The number of nitrogens with zero attached hydrogens (tertiary/aromatic N) is 1. The molecule has 106 valence electrons. The van der Waals surface area contributed by atoms with Gasteiger partial charge in [-0.05, 0) is 48.7 Å². The molecule has 0 aliphatic carbocycles. The van der Waals surface area contributed by atoms with Crippen molar-refractivity contribution < 1.29 is 13.5 Å². The van der Waals surface area contributed by atoms with Crippen LogP contribution in [0.4, 0.5) is 8.78 Å². The van der Waals surface area contributed by atoms with E-state index in [0.29, 0.717) is 0 Å². The van der Waals surface area contributed by atoms with Crippen LogP contribution in [0.25, 0.3) is 11.3 Å². The molecule has 1 aromatic heterocycles. The van der Waals surface area contributed by atoms with E-state index in [4.69, 9.17) is 0 Å². The van der Waals surface area contributed by atoms with Gasteiger partial charge < -0.3 is 4.74 Å². The van der Waals surface area contributed by atoms with Crippen LogP contribution in [0.15, 0.2) is 36.5 Å². The average Bonchev–Trinajstić information content (AvgIpc) is 2.40. The quantitative estimate of drug-likeness (QED) is 0.796. The van der Waals surface area contributed by atoms with Gasteiger partial charge >= 0.3 is 6.61 Å². The van der Waals surface area contributed by atoms with E-state index in [1.165, 1.54) is 17.7 Å². The summed E-state index contributed by atoms with van der Waals surface area (Å²) in [6, 6.07) is 8.67. The molecule has 0 saturated carbocycles. The Morgan fingerprint density at radius 1 is 1.20 bits per heavy atom. The minimum atomic E-state index is -2.80. The number of rotatable bonds is 5. The molecule has 0 unspecified atom stereocenters. The van der Waals surface area contributed by atoms with Gasteiger partial charge in [-0.3, -0.25) is 4.98 Å². The minimum Gasteiger partial charge on any atom is -0.435 e. The lowest BCUT2D eigenvalue weighted by molar-refractivity contribution is -0.0498. The molecule has 0 radical (unpaired) electrons. The summed E-state index contributed by atoms with van der Waals surface area (Å²) < 4.78 is 28.5. The van der Waals surface area contributed by atoms with Crippen LogP contribution in [0, 0.1) is 6.92 Å². The van der Waals surface area contributed by atoms with Crippen molar-refractivity contribution in [3.8, 4) is 17.0 Å². The lowest BCUT2D eigenvalue weighted by atomic mass is 10.0. The Morgan fingerprint density at radius 3 is 2.45 bits per heavy atom. The smallest absolute Gasteiger partial charge is 0.387 e. The predicted octanol–water partition coefficient (Wildman–Crippen LogP) is 4.61. The first-order valence-corrected chi connectivity index (χ1v) is 6.61. The monoisotopic (exact) mass is 277 g/mol. The predicted molar refractivity (Wildman–Crippen MR) is 75.0 cm³/mol. The van der Waals surface area contributed by atoms with E-state index in [-0.39, 0.29) is 5.75 Å². The molecule has 0 fully saturated rings. The van der Waals surface area contributed by atoms with E-state index in [1.807, 2.05) is 13.1 Å². The number of aromatic nitrogens is 1. The second kappa shape index (κ2) is 6.46. The van der Waals surface area contributed by atoms with Crippen molar-refractivity contribution >= 4 is 0 Å². The van der Waals surface area contributed by atoms with Crippen LogP contribution in [0.5, 0.6) is 5.75 Å². The number of ether oxygens (including phenoxy) is 1. The van der Waals surface area contributed by atoms with Crippen molar-refractivity contribution in [3.05, 3.63) is 47.7 Å². The van der Waals surface area contributed by atoms with Crippen LogP contribution in [-0.4, -0.2) is 11.6 Å². The van der Waals surface area contributed by atoms with Crippen LogP contribution in [0.3, 0.4) is 0 Å². The largest absolute Gasteiger partial charge is 0.435 e. The molecule has 2 nitrogen and oxygen atoms in total. The summed E-state index contributed by atoms with van der Waals surface area (Å²) in [6.45, 7) is 1.34. The first kappa shape index (κ1) is 14.4. The van der Waals surface area contributed by atoms with Gasteiger partial charge in [0.05, 0.1) is 5.69 Å². The highest BCUT2D eigenvalue weighted by atomic mass is 19.3. The third kappa shape index (κ3) is 3.53. The number of halogens is 2. The summed E-state index contributed by atoms with van der Waals surface area (Å²) in [5, 5.41) is 0. The van der Waals surface area contributed by atoms with Crippen molar-refractivity contribution in [1.29, 1.82) is 0 Å². The highest BCUT2D eigenvalue weighted by Crippen LogP contribution is 2.25. The molecule has 0 amide bonds. The Morgan fingerprint density at radius 2 is 1.90 bits per heavy atom. The number of benzene rings is 1. The van der Waals surface area contributed by atoms with Gasteiger partial charge in [-0.15, -0.1) is 0 Å². The van der Waals surface area contributed by atoms with Gasteiger partial charge in [-0.25, -0.2) is 0 Å². The molecule has 0 bridgehead atoms. The van der Waals surface area contributed by atoms with Crippen molar-refractivity contribution in [3.63, 3.8) is 0 Å². The Kier molecular flexibility index (Phi) is 4.66. The first-order chi connectivity index (χ1) is 9.60. The van der Waals surface area contributed by atoms with Crippen molar-refractivity contribution in [1.82, 2.24) is 4.98 Å². The maximum Gasteiger partial charge on any atom is 0.387 e. The summed E-state index contributed by atoms with van der Waals surface area (Å²) >= 11 is 0. The third-order valence-electron chi connectivity index (χ3n) is 3.03. The lowest BCUT2D eigenvalue weighted by Gasteiger charge is -2.09. The normalized spacial score (nSPS) is 10.8. The molecular formula is C16H17F2NO. The number of hydrogen-bond donors (Lipinski definition) is 0. The maximum atomic E-state index is 12.1. The van der Waals surface area contributed by atoms with Crippen LogP contribution < -0.4 is 4.74 Å². The molecule has 0 atom stereocenters. The summed E-state index contributed by atoms with van der Waals surface area (Å²) in [5.41, 5.74) is 4.06. The zero-order chi connectivity index (χ0) is 14.5. The number of aryl methyl sites for hydroxylation is 2. The van der Waals surface area contributed by atoms with Crippen molar-refractivity contribution in [2.24, 2.45) is 0 Å². The first-order valence-electron chi connectivity index (χ1n) is 6.61. The summed E-state index contributed by atoms with van der Waals surface area (Å²) in [6.07, 6.45) is 3.96. The number of hydrogen-bond acceptors (Lipinski definition) is 2. The second-order valence-corrected chi connectivity index (χ2v) is 4.66. The van der Waals surface area contributed by atoms with Crippen LogP contribution >= 0.6 is 0 Å². The molecule has 1 heterocycles. The second-order valence-electron chi connectivity index (χ2n) is 4.66. The highest BCUT2D eigenvalue weighted by molar-refractivity contribution is 5.63. The van der Waals surface area contributed by atoms with E-state index in [9.17, 15) is 8.78 Å². The highest BCUT2D eigenvalue weighted by Gasteiger charge is 2.07. The topological polar surface area (TPSA) is 22.1 Å². The van der Waals surface area contributed by atoms with Gasteiger partial charge in [0.1, 0.15) is 5.75 Å². The number of alkyl halides is 2. The molecule has 0 aliphatic rings. The standard InChI is InChI=1S/C16H17F2NO/c1-3-4-12-9-11(2)15(19-10-12)13-5-7-14(8-6-13)20-16(17)18/h5-10,16H,3-4H2,1-2H3. The average molecular weight is 277 g/mol. The van der Waals surface area contributed by atoms with Gasteiger partial charge in [0.25, 0.3) is 0 Å². The summed E-state index contributed by atoms with van der Waals surface area (Å²) in [7, 11) is 0. The van der Waals surface area contributed by atoms with Crippen molar-refractivity contribution in [2.45, 2.75) is 33.3 Å². The molecule has 0 aliphatic heterocycles. The zero-order valence-electron chi connectivity index (χ0n) is 11.6. The Bertz CT molecular complexity index is 567. The SMILES string of the molecule is CCCc1cnc(-c2ccc(OC(F)F)cc2)c(C)c1. The molecule has 2 rings (SSSR count). The fraction of sp³-hybridized carbons (Fsp3) is 0.312. The maximum absolute atomic E-state index is 12.1.